The van der Waals surface area contributed by atoms with Crippen molar-refractivity contribution in [3.63, 3.8) is 0 Å². The zero-order valence-corrected chi connectivity index (χ0v) is 10.8. The van der Waals surface area contributed by atoms with Gasteiger partial charge in [-0.05, 0) is 36.9 Å². The van der Waals surface area contributed by atoms with Crippen molar-refractivity contribution in [2.45, 2.75) is 33.1 Å². The van der Waals surface area contributed by atoms with Crippen molar-refractivity contribution in [3.05, 3.63) is 46.8 Å². The molecule has 0 spiro atoms. The summed E-state index contributed by atoms with van der Waals surface area (Å²) in [6.07, 6.45) is 4.13. The van der Waals surface area contributed by atoms with Gasteiger partial charge in [-0.2, -0.15) is 0 Å². The van der Waals surface area contributed by atoms with E-state index in [-0.39, 0.29) is 5.41 Å². The quantitative estimate of drug-likeness (QED) is 0.651. The molecule has 0 fully saturated rings. The fourth-order valence-corrected chi connectivity index (χ4v) is 2.69. The first-order valence-electron chi connectivity index (χ1n) is 6.09. The molecule has 0 atom stereocenters. The molecule has 0 aliphatic heterocycles. The number of nitrogens with zero attached hydrogens (tertiary/aromatic N) is 1. The van der Waals surface area contributed by atoms with Crippen molar-refractivity contribution >= 4 is 16.8 Å². The standard InChI is InChI=1S/C16H17N/c1-10-7-12-5-6-17-14-9-11(2)16(3,4)13(8-10)15(12)14/h5-9H,1-4H3. The Morgan fingerprint density at radius 3 is 2.65 bits per heavy atom. The normalized spacial score (nSPS) is 17.1. The molecule has 1 heterocycles. The van der Waals surface area contributed by atoms with Crippen molar-refractivity contribution in [2.24, 2.45) is 0 Å². The van der Waals surface area contributed by atoms with E-state index in [1.807, 2.05) is 6.20 Å². The van der Waals surface area contributed by atoms with Crippen LogP contribution in [0.3, 0.4) is 0 Å². The maximum atomic E-state index is 4.51. The number of allylic oxidation sites excluding steroid dienone is 1. The van der Waals surface area contributed by atoms with E-state index in [1.165, 1.54) is 27.5 Å². The molecule has 0 saturated carbocycles. The molecule has 1 aliphatic rings. The van der Waals surface area contributed by atoms with Gasteiger partial charge in [0.1, 0.15) is 0 Å². The maximum Gasteiger partial charge on any atom is 0.0710 e. The minimum Gasteiger partial charge on any atom is -0.256 e. The number of rotatable bonds is 0. The van der Waals surface area contributed by atoms with Gasteiger partial charge in [0, 0.05) is 17.0 Å². The Bertz CT molecular complexity index is 648. The average Bonchev–Trinajstić information content (AvgIpc) is 2.26. The van der Waals surface area contributed by atoms with Crippen molar-refractivity contribution in [1.29, 1.82) is 0 Å². The van der Waals surface area contributed by atoms with Gasteiger partial charge in [-0.25, -0.2) is 0 Å². The number of benzene rings is 1. The molecule has 0 unspecified atom stereocenters. The van der Waals surface area contributed by atoms with Crippen LogP contribution in [0.5, 0.6) is 0 Å². The summed E-state index contributed by atoms with van der Waals surface area (Å²) in [4.78, 5) is 4.51. The fourth-order valence-electron chi connectivity index (χ4n) is 2.69. The Labute approximate surface area is 102 Å². The van der Waals surface area contributed by atoms with E-state index >= 15 is 0 Å². The van der Waals surface area contributed by atoms with Crippen molar-refractivity contribution in [1.82, 2.24) is 4.98 Å². The van der Waals surface area contributed by atoms with Gasteiger partial charge in [0.2, 0.25) is 0 Å². The minimum atomic E-state index is 0.111. The van der Waals surface area contributed by atoms with Gasteiger partial charge >= 0.3 is 0 Å². The van der Waals surface area contributed by atoms with Crippen LogP contribution in [0.2, 0.25) is 0 Å². The van der Waals surface area contributed by atoms with Crippen LogP contribution in [0, 0.1) is 6.92 Å². The van der Waals surface area contributed by atoms with Crippen LogP contribution in [0.4, 0.5) is 0 Å². The Balaban J connectivity index is 2.53. The van der Waals surface area contributed by atoms with Gasteiger partial charge in [-0.1, -0.05) is 37.1 Å². The second kappa shape index (κ2) is 3.19. The summed E-state index contributed by atoms with van der Waals surface area (Å²) < 4.78 is 0. The van der Waals surface area contributed by atoms with E-state index in [0.29, 0.717) is 0 Å². The molecule has 1 aromatic heterocycles. The van der Waals surface area contributed by atoms with Crippen LogP contribution in [0.15, 0.2) is 30.0 Å². The summed E-state index contributed by atoms with van der Waals surface area (Å²) in [5.74, 6) is 0. The molecular formula is C16H17N. The molecule has 1 aromatic carbocycles. The van der Waals surface area contributed by atoms with Crippen LogP contribution in [-0.4, -0.2) is 4.98 Å². The lowest BCUT2D eigenvalue weighted by Gasteiger charge is -2.32. The van der Waals surface area contributed by atoms with E-state index < -0.39 is 0 Å². The van der Waals surface area contributed by atoms with Crippen LogP contribution in [0.1, 0.15) is 37.6 Å². The van der Waals surface area contributed by atoms with E-state index in [1.54, 1.807) is 0 Å². The third-order valence-electron chi connectivity index (χ3n) is 4.05. The molecule has 0 amide bonds. The number of aromatic nitrogens is 1. The zero-order valence-electron chi connectivity index (χ0n) is 10.8. The second-order valence-electron chi connectivity index (χ2n) is 5.56. The molecule has 2 aromatic rings. The SMILES string of the molecule is CC1=Cc2nccc3cc(C)cc(c23)C1(C)C. The lowest BCUT2D eigenvalue weighted by atomic mass is 9.72. The highest BCUT2D eigenvalue weighted by molar-refractivity contribution is 5.95. The van der Waals surface area contributed by atoms with Gasteiger partial charge in [0.25, 0.3) is 0 Å². The molecule has 1 aliphatic carbocycles. The van der Waals surface area contributed by atoms with Crippen LogP contribution >= 0.6 is 0 Å². The molecule has 86 valence electrons. The molecule has 0 radical (unpaired) electrons. The van der Waals surface area contributed by atoms with Gasteiger partial charge in [0.05, 0.1) is 5.69 Å². The van der Waals surface area contributed by atoms with Crippen LogP contribution in [0.25, 0.3) is 16.8 Å². The van der Waals surface area contributed by atoms with E-state index in [4.69, 9.17) is 0 Å². The summed E-state index contributed by atoms with van der Waals surface area (Å²) in [6.45, 7) is 8.96. The molecule has 0 N–H and O–H groups in total. The van der Waals surface area contributed by atoms with Gasteiger partial charge in [-0.15, -0.1) is 0 Å². The van der Waals surface area contributed by atoms with Gasteiger partial charge < -0.3 is 0 Å². The second-order valence-corrected chi connectivity index (χ2v) is 5.56. The predicted octanol–water partition coefficient (Wildman–Crippen LogP) is 4.24. The van der Waals surface area contributed by atoms with Crippen molar-refractivity contribution in [3.8, 4) is 0 Å². The number of hydrogen-bond acceptors (Lipinski definition) is 1. The van der Waals surface area contributed by atoms with E-state index in [2.05, 4.69) is 57.0 Å². The fraction of sp³-hybridized carbons (Fsp3) is 0.312. The first-order valence-corrected chi connectivity index (χ1v) is 6.09. The summed E-state index contributed by atoms with van der Waals surface area (Å²) in [6, 6.07) is 6.67. The smallest absolute Gasteiger partial charge is 0.0710 e. The monoisotopic (exact) mass is 223 g/mol. The first kappa shape index (κ1) is 10.5. The summed E-state index contributed by atoms with van der Waals surface area (Å²) in [5, 5.41) is 2.63. The van der Waals surface area contributed by atoms with Crippen LogP contribution < -0.4 is 0 Å². The van der Waals surface area contributed by atoms with Crippen molar-refractivity contribution in [2.75, 3.05) is 0 Å². The molecular weight excluding hydrogens is 206 g/mol. The average molecular weight is 223 g/mol. The summed E-state index contributed by atoms with van der Waals surface area (Å²) >= 11 is 0. The molecule has 3 rings (SSSR count). The Hall–Kier alpha value is -1.63. The van der Waals surface area contributed by atoms with Gasteiger partial charge in [0.15, 0.2) is 0 Å². The lowest BCUT2D eigenvalue weighted by molar-refractivity contribution is 0.629. The van der Waals surface area contributed by atoms with Crippen LogP contribution in [-0.2, 0) is 5.41 Å². The predicted molar refractivity (Wildman–Crippen MR) is 73.2 cm³/mol. The molecule has 17 heavy (non-hydrogen) atoms. The van der Waals surface area contributed by atoms with E-state index in [0.717, 1.165) is 5.69 Å². The molecule has 0 bridgehead atoms. The largest absolute Gasteiger partial charge is 0.256 e. The molecule has 1 nitrogen and oxygen atoms in total. The number of aryl methyl sites for hydroxylation is 1. The molecule has 0 saturated heterocycles. The Kier molecular flexibility index (Phi) is 1.97. The Morgan fingerprint density at radius 1 is 1.12 bits per heavy atom. The third kappa shape index (κ3) is 1.35. The van der Waals surface area contributed by atoms with Crippen molar-refractivity contribution < 1.29 is 0 Å². The highest BCUT2D eigenvalue weighted by Gasteiger charge is 2.29. The zero-order chi connectivity index (χ0) is 12.2. The topological polar surface area (TPSA) is 12.9 Å². The third-order valence-corrected chi connectivity index (χ3v) is 4.05. The first-order chi connectivity index (χ1) is 8.00. The minimum absolute atomic E-state index is 0.111. The maximum absolute atomic E-state index is 4.51. The Morgan fingerprint density at radius 2 is 1.88 bits per heavy atom. The van der Waals surface area contributed by atoms with E-state index in [9.17, 15) is 0 Å². The number of pyridine rings is 1. The highest BCUT2D eigenvalue weighted by Crippen LogP contribution is 2.42. The lowest BCUT2D eigenvalue weighted by Crippen LogP contribution is -2.22. The summed E-state index contributed by atoms with van der Waals surface area (Å²) in [5.41, 5.74) is 5.35. The highest BCUT2D eigenvalue weighted by atomic mass is 14.7. The number of hydrogen-bond donors (Lipinski definition) is 0. The summed E-state index contributed by atoms with van der Waals surface area (Å²) in [7, 11) is 0. The van der Waals surface area contributed by atoms with Gasteiger partial charge in [-0.3, -0.25) is 4.98 Å². The molecule has 1 heteroatoms.